The monoisotopic (exact) mass is 384 g/mol. The number of benzene rings is 1. The number of hydrogen-bond acceptors (Lipinski definition) is 3. The van der Waals surface area contributed by atoms with Gasteiger partial charge in [0.15, 0.2) is 0 Å². The summed E-state index contributed by atoms with van der Waals surface area (Å²) in [4.78, 5) is 41.4. The molecule has 2 saturated carbocycles. The predicted octanol–water partition coefficient (Wildman–Crippen LogP) is 3.01. The highest BCUT2D eigenvalue weighted by Crippen LogP contribution is 2.65. The second-order valence-corrected chi connectivity index (χ2v) is 8.64. The van der Waals surface area contributed by atoms with Gasteiger partial charge in [0.1, 0.15) is 6.67 Å². The Morgan fingerprint density at radius 1 is 1.15 bits per heavy atom. The van der Waals surface area contributed by atoms with Gasteiger partial charge in [-0.2, -0.15) is 0 Å². The van der Waals surface area contributed by atoms with Crippen LogP contribution in [0.25, 0.3) is 0 Å². The van der Waals surface area contributed by atoms with E-state index in [9.17, 15) is 14.4 Å². The lowest BCUT2D eigenvalue weighted by atomic mass is 9.63. The Morgan fingerprint density at radius 3 is 2.30 bits per heavy atom. The summed E-state index contributed by atoms with van der Waals surface area (Å²) in [5.41, 5.74) is 1.39. The minimum Gasteiger partial charge on any atom is -0.294 e. The molecule has 0 radical (unpaired) electrons. The summed E-state index contributed by atoms with van der Waals surface area (Å²) in [6.07, 6.45) is 5.44. The third-order valence-electron chi connectivity index (χ3n) is 6.95. The van der Waals surface area contributed by atoms with Crippen LogP contribution in [0.2, 0.25) is 5.02 Å². The molecule has 4 aliphatic carbocycles. The van der Waals surface area contributed by atoms with Crippen LogP contribution in [0.1, 0.15) is 18.9 Å². The number of anilines is 1. The second-order valence-electron chi connectivity index (χ2n) is 8.23. The standard InChI is InChI=1S/C21H21ClN2O3/c1-10-16(22)4-3-5-17(10)23(11(2)25)9-24-20(26)18-12-6-7-13(15-8-14(12)15)19(18)21(24)27/h3-7,12-15,18-19H,8-9H2,1-2H3/t12-,13+,14-,15-,18+,19-/m1/s1. The molecular weight excluding hydrogens is 364 g/mol. The van der Waals surface area contributed by atoms with Gasteiger partial charge in [0.25, 0.3) is 0 Å². The Morgan fingerprint density at radius 2 is 1.74 bits per heavy atom. The first-order valence-electron chi connectivity index (χ1n) is 9.47. The van der Waals surface area contributed by atoms with Crippen molar-refractivity contribution < 1.29 is 14.4 Å². The number of amides is 3. The number of halogens is 1. The third-order valence-corrected chi connectivity index (χ3v) is 7.36. The van der Waals surface area contributed by atoms with E-state index in [-0.39, 0.29) is 48.1 Å². The summed E-state index contributed by atoms with van der Waals surface area (Å²) in [6.45, 7) is 3.23. The number of rotatable bonds is 3. The molecule has 0 aromatic heterocycles. The smallest absolute Gasteiger partial charge is 0.235 e. The van der Waals surface area contributed by atoms with Crippen LogP contribution in [0.15, 0.2) is 30.4 Å². The lowest BCUT2D eigenvalue weighted by Crippen LogP contribution is -2.44. The molecule has 3 fully saturated rings. The molecule has 1 saturated heterocycles. The maximum atomic E-state index is 13.2. The zero-order valence-corrected chi connectivity index (χ0v) is 16.0. The molecule has 1 aliphatic heterocycles. The first-order valence-corrected chi connectivity index (χ1v) is 9.84. The maximum absolute atomic E-state index is 13.2. The number of nitrogens with zero attached hydrogens (tertiary/aromatic N) is 2. The molecule has 0 spiro atoms. The molecule has 0 N–H and O–H groups in total. The molecule has 0 unspecified atom stereocenters. The Bertz CT molecular complexity index is 875. The van der Waals surface area contributed by atoms with Gasteiger partial charge in [0, 0.05) is 17.6 Å². The van der Waals surface area contributed by atoms with E-state index in [2.05, 4.69) is 12.2 Å². The van der Waals surface area contributed by atoms with Crippen LogP contribution in [0.5, 0.6) is 0 Å². The number of imide groups is 1. The fourth-order valence-electron chi connectivity index (χ4n) is 5.53. The highest BCUT2D eigenvalue weighted by atomic mass is 35.5. The zero-order valence-electron chi connectivity index (χ0n) is 15.3. The highest BCUT2D eigenvalue weighted by molar-refractivity contribution is 6.31. The summed E-state index contributed by atoms with van der Waals surface area (Å²) in [5, 5.41) is 0.550. The number of carbonyl (C=O) groups excluding carboxylic acids is 3. The first kappa shape index (κ1) is 17.0. The second kappa shape index (κ2) is 5.68. The van der Waals surface area contributed by atoms with Crippen molar-refractivity contribution in [2.45, 2.75) is 20.3 Å². The maximum Gasteiger partial charge on any atom is 0.235 e. The molecule has 5 nitrogen and oxygen atoms in total. The molecule has 27 heavy (non-hydrogen) atoms. The van der Waals surface area contributed by atoms with Crippen LogP contribution in [-0.4, -0.2) is 29.3 Å². The molecule has 1 aromatic carbocycles. The SMILES string of the molecule is CC(=O)N(CN1C(=O)[C@@H]2[C@H]3C=C[C@H]([C@H]4C[C@H]34)[C@@H]2C1=O)c1cccc(Cl)c1C. The van der Waals surface area contributed by atoms with E-state index in [0.29, 0.717) is 22.5 Å². The van der Waals surface area contributed by atoms with Gasteiger partial charge in [0.2, 0.25) is 17.7 Å². The summed E-state index contributed by atoms with van der Waals surface area (Å²) in [6, 6.07) is 5.32. The van der Waals surface area contributed by atoms with Crippen molar-refractivity contribution in [3.05, 3.63) is 40.9 Å². The number of allylic oxidation sites excluding steroid dienone is 2. The minimum atomic E-state index is -0.245. The minimum absolute atomic E-state index is 0.0457. The molecule has 6 rings (SSSR count). The first-order chi connectivity index (χ1) is 12.9. The van der Waals surface area contributed by atoms with Gasteiger partial charge in [-0.3, -0.25) is 24.2 Å². The topological polar surface area (TPSA) is 57.7 Å². The molecule has 6 heteroatoms. The van der Waals surface area contributed by atoms with Crippen LogP contribution in [0.3, 0.4) is 0 Å². The average Bonchev–Trinajstić information content (AvgIpc) is 3.42. The fraction of sp³-hybridized carbons (Fsp3) is 0.476. The third kappa shape index (κ3) is 2.27. The quantitative estimate of drug-likeness (QED) is 0.594. The van der Waals surface area contributed by atoms with Crippen molar-refractivity contribution in [1.82, 2.24) is 4.90 Å². The van der Waals surface area contributed by atoms with Crippen molar-refractivity contribution in [2.75, 3.05) is 11.6 Å². The Labute approximate surface area is 163 Å². The van der Waals surface area contributed by atoms with E-state index in [1.807, 2.05) is 6.92 Å². The van der Waals surface area contributed by atoms with Crippen LogP contribution in [-0.2, 0) is 14.4 Å². The molecule has 2 bridgehead atoms. The highest BCUT2D eigenvalue weighted by Gasteiger charge is 2.67. The zero-order chi connectivity index (χ0) is 19.0. The van der Waals surface area contributed by atoms with E-state index in [1.165, 1.54) is 16.7 Å². The predicted molar refractivity (Wildman–Crippen MR) is 101 cm³/mol. The van der Waals surface area contributed by atoms with E-state index >= 15 is 0 Å². The fourth-order valence-corrected chi connectivity index (χ4v) is 5.70. The van der Waals surface area contributed by atoms with E-state index in [0.717, 1.165) is 12.0 Å². The Kier molecular flexibility index (Phi) is 3.57. The van der Waals surface area contributed by atoms with Gasteiger partial charge >= 0.3 is 0 Å². The number of hydrogen-bond donors (Lipinski definition) is 0. The van der Waals surface area contributed by atoms with Crippen LogP contribution >= 0.6 is 11.6 Å². The largest absolute Gasteiger partial charge is 0.294 e. The molecule has 3 amide bonds. The summed E-state index contributed by atoms with van der Waals surface area (Å²) >= 11 is 6.21. The van der Waals surface area contributed by atoms with Gasteiger partial charge in [-0.05, 0) is 54.7 Å². The lowest BCUT2D eigenvalue weighted by molar-refractivity contribution is -0.140. The van der Waals surface area contributed by atoms with Gasteiger partial charge in [-0.25, -0.2) is 0 Å². The lowest BCUT2D eigenvalue weighted by Gasteiger charge is -2.37. The molecule has 5 aliphatic rings. The number of carbonyl (C=O) groups is 3. The number of likely N-dealkylation sites (tertiary alicyclic amines) is 1. The molecule has 6 atom stereocenters. The summed E-state index contributed by atoms with van der Waals surface area (Å²) in [5.74, 6) is 0.543. The van der Waals surface area contributed by atoms with Crippen molar-refractivity contribution >= 4 is 35.0 Å². The van der Waals surface area contributed by atoms with E-state index in [4.69, 9.17) is 11.6 Å². The Balaban J connectivity index is 1.47. The summed E-state index contributed by atoms with van der Waals surface area (Å²) < 4.78 is 0. The van der Waals surface area contributed by atoms with Crippen molar-refractivity contribution in [2.24, 2.45) is 35.5 Å². The molecule has 140 valence electrons. The molecule has 1 aromatic rings. The van der Waals surface area contributed by atoms with Crippen molar-refractivity contribution in [3.8, 4) is 0 Å². The van der Waals surface area contributed by atoms with Gasteiger partial charge in [-0.15, -0.1) is 0 Å². The average molecular weight is 385 g/mol. The molecular formula is C21H21ClN2O3. The van der Waals surface area contributed by atoms with E-state index < -0.39 is 0 Å². The molecule has 1 heterocycles. The van der Waals surface area contributed by atoms with Crippen molar-refractivity contribution in [3.63, 3.8) is 0 Å². The van der Waals surface area contributed by atoms with Crippen LogP contribution in [0, 0.1) is 42.4 Å². The van der Waals surface area contributed by atoms with Crippen LogP contribution < -0.4 is 4.90 Å². The van der Waals surface area contributed by atoms with Crippen molar-refractivity contribution in [1.29, 1.82) is 0 Å². The summed E-state index contributed by atoms with van der Waals surface area (Å²) in [7, 11) is 0. The normalized spacial score (nSPS) is 35.3. The Hall–Kier alpha value is -2.14. The van der Waals surface area contributed by atoms with Crippen LogP contribution in [0.4, 0.5) is 5.69 Å². The van der Waals surface area contributed by atoms with Gasteiger partial charge in [0.05, 0.1) is 11.8 Å². The van der Waals surface area contributed by atoms with E-state index in [1.54, 1.807) is 18.2 Å². The van der Waals surface area contributed by atoms with Gasteiger partial charge in [-0.1, -0.05) is 29.8 Å². The van der Waals surface area contributed by atoms with Gasteiger partial charge < -0.3 is 0 Å².